The van der Waals surface area contributed by atoms with Gasteiger partial charge in [-0.1, -0.05) is 54.4 Å². The topological polar surface area (TPSA) is 20.2 Å². The van der Waals surface area contributed by atoms with Gasteiger partial charge < -0.3 is 5.11 Å². The second-order valence-corrected chi connectivity index (χ2v) is 6.89. The van der Waals surface area contributed by atoms with Gasteiger partial charge in [-0.2, -0.15) is 0 Å². The molecule has 0 aromatic heterocycles. The van der Waals surface area contributed by atoms with Crippen LogP contribution in [-0.4, -0.2) is 11.2 Å². The number of aliphatic hydroxyl groups excluding tert-OH is 1. The molecular weight excluding hydrogens is 196 g/mol. The molecule has 16 heavy (non-hydrogen) atoms. The molecule has 1 nitrogen and oxygen atoms in total. The predicted molar refractivity (Wildman–Crippen MR) is 72.5 cm³/mol. The first-order valence-electron chi connectivity index (χ1n) is 6.92. The lowest BCUT2D eigenvalue weighted by atomic mass is 9.82. The Labute approximate surface area is 103 Å². The summed E-state index contributed by atoms with van der Waals surface area (Å²) in [4.78, 5) is 0. The molecule has 0 rings (SSSR count). The van der Waals surface area contributed by atoms with Crippen LogP contribution in [0.5, 0.6) is 0 Å². The third-order valence-corrected chi connectivity index (χ3v) is 3.09. The molecule has 0 aliphatic carbocycles. The molecule has 0 amide bonds. The number of aliphatic hydroxyl groups is 1. The molecule has 0 aromatic carbocycles. The maximum Gasteiger partial charge on any atom is 0.0545 e. The molecule has 0 saturated heterocycles. The Hall–Kier alpha value is -0.0400. The zero-order chi connectivity index (χ0) is 12.8. The maximum absolute atomic E-state index is 10.0. The number of rotatable bonds is 7. The molecule has 0 aromatic rings. The van der Waals surface area contributed by atoms with E-state index >= 15 is 0 Å². The minimum absolute atomic E-state index is 0.0982. The van der Waals surface area contributed by atoms with Crippen LogP contribution in [-0.2, 0) is 0 Å². The van der Waals surface area contributed by atoms with Crippen molar-refractivity contribution in [1.29, 1.82) is 0 Å². The lowest BCUT2D eigenvalue weighted by Crippen LogP contribution is -2.19. The third kappa shape index (κ3) is 9.21. The van der Waals surface area contributed by atoms with E-state index in [-0.39, 0.29) is 6.10 Å². The van der Waals surface area contributed by atoms with Crippen molar-refractivity contribution in [2.45, 2.75) is 79.8 Å². The third-order valence-electron chi connectivity index (χ3n) is 3.09. The van der Waals surface area contributed by atoms with Gasteiger partial charge in [0.25, 0.3) is 0 Å². The van der Waals surface area contributed by atoms with Crippen molar-refractivity contribution < 1.29 is 5.11 Å². The van der Waals surface area contributed by atoms with E-state index in [9.17, 15) is 5.11 Å². The lowest BCUT2D eigenvalue weighted by Gasteiger charge is -2.25. The highest BCUT2D eigenvalue weighted by atomic mass is 16.3. The molecule has 0 fully saturated rings. The van der Waals surface area contributed by atoms with Crippen molar-refractivity contribution in [3.05, 3.63) is 0 Å². The van der Waals surface area contributed by atoms with Gasteiger partial charge in [0.1, 0.15) is 0 Å². The molecule has 0 radical (unpaired) electrons. The maximum atomic E-state index is 10.0. The van der Waals surface area contributed by atoms with Gasteiger partial charge in [0, 0.05) is 0 Å². The van der Waals surface area contributed by atoms with Crippen LogP contribution >= 0.6 is 0 Å². The summed E-state index contributed by atoms with van der Waals surface area (Å²) >= 11 is 0. The molecule has 1 heteroatoms. The van der Waals surface area contributed by atoms with Gasteiger partial charge in [0.15, 0.2) is 0 Å². The van der Waals surface area contributed by atoms with E-state index in [1.807, 2.05) is 0 Å². The van der Waals surface area contributed by atoms with Crippen molar-refractivity contribution in [2.75, 3.05) is 0 Å². The van der Waals surface area contributed by atoms with Gasteiger partial charge in [-0.05, 0) is 36.5 Å². The highest BCUT2D eigenvalue weighted by Gasteiger charge is 2.19. The largest absolute Gasteiger partial charge is 0.393 e. The molecule has 0 bridgehead atoms. The average molecular weight is 228 g/mol. The fourth-order valence-electron chi connectivity index (χ4n) is 2.76. The number of hydrogen-bond donors (Lipinski definition) is 1. The SMILES string of the molecule is CCCC(C)CC(O)CC(C)CC(C)(C)C. The number of hydrogen-bond acceptors (Lipinski definition) is 1. The predicted octanol–water partition coefficient (Wildman–Crippen LogP) is 4.64. The van der Waals surface area contributed by atoms with Crippen molar-refractivity contribution in [1.82, 2.24) is 0 Å². The standard InChI is InChI=1S/C15H32O/c1-7-8-12(2)9-14(16)10-13(3)11-15(4,5)6/h12-14,16H,7-11H2,1-6H3. The van der Waals surface area contributed by atoms with E-state index < -0.39 is 0 Å². The Bertz CT molecular complexity index is 169. The molecular formula is C15H32O. The zero-order valence-corrected chi connectivity index (χ0v) is 12.2. The zero-order valence-electron chi connectivity index (χ0n) is 12.2. The van der Waals surface area contributed by atoms with E-state index in [0.29, 0.717) is 17.3 Å². The Morgan fingerprint density at radius 1 is 1.00 bits per heavy atom. The first-order valence-corrected chi connectivity index (χ1v) is 6.92. The molecule has 0 aliphatic heterocycles. The van der Waals surface area contributed by atoms with Crippen molar-refractivity contribution in [3.63, 3.8) is 0 Å². The highest BCUT2D eigenvalue weighted by molar-refractivity contribution is 4.70. The summed E-state index contributed by atoms with van der Waals surface area (Å²) in [5.41, 5.74) is 0.383. The van der Waals surface area contributed by atoms with Crippen LogP contribution in [0, 0.1) is 17.3 Å². The molecule has 3 atom stereocenters. The van der Waals surface area contributed by atoms with Crippen LogP contribution in [0.4, 0.5) is 0 Å². The van der Waals surface area contributed by atoms with Gasteiger partial charge in [-0.3, -0.25) is 0 Å². The molecule has 0 spiro atoms. The van der Waals surface area contributed by atoms with Crippen LogP contribution in [0.2, 0.25) is 0 Å². The van der Waals surface area contributed by atoms with Crippen molar-refractivity contribution in [2.24, 2.45) is 17.3 Å². The van der Waals surface area contributed by atoms with E-state index in [0.717, 1.165) is 12.8 Å². The van der Waals surface area contributed by atoms with Crippen LogP contribution in [0.25, 0.3) is 0 Å². The van der Waals surface area contributed by atoms with Gasteiger partial charge in [0.2, 0.25) is 0 Å². The monoisotopic (exact) mass is 228 g/mol. The molecule has 98 valence electrons. The van der Waals surface area contributed by atoms with Gasteiger partial charge in [-0.25, -0.2) is 0 Å². The minimum Gasteiger partial charge on any atom is -0.393 e. The smallest absolute Gasteiger partial charge is 0.0545 e. The van der Waals surface area contributed by atoms with Crippen molar-refractivity contribution >= 4 is 0 Å². The summed E-state index contributed by atoms with van der Waals surface area (Å²) in [6.45, 7) is 13.5. The highest BCUT2D eigenvalue weighted by Crippen LogP contribution is 2.28. The fraction of sp³-hybridized carbons (Fsp3) is 1.00. The lowest BCUT2D eigenvalue weighted by molar-refractivity contribution is 0.108. The average Bonchev–Trinajstić information content (AvgIpc) is 1.98. The van der Waals surface area contributed by atoms with E-state index in [1.165, 1.54) is 19.3 Å². The second-order valence-electron chi connectivity index (χ2n) is 6.89. The summed E-state index contributed by atoms with van der Waals surface area (Å²) in [5, 5.41) is 10.0. The summed E-state index contributed by atoms with van der Waals surface area (Å²) < 4.78 is 0. The Morgan fingerprint density at radius 2 is 1.50 bits per heavy atom. The van der Waals surface area contributed by atoms with Crippen molar-refractivity contribution in [3.8, 4) is 0 Å². The van der Waals surface area contributed by atoms with E-state index in [1.54, 1.807) is 0 Å². The molecule has 0 heterocycles. The van der Waals surface area contributed by atoms with Crippen LogP contribution in [0.1, 0.15) is 73.6 Å². The summed E-state index contributed by atoms with van der Waals surface area (Å²) in [7, 11) is 0. The molecule has 3 unspecified atom stereocenters. The first kappa shape index (κ1) is 16.0. The minimum atomic E-state index is -0.0982. The Kier molecular flexibility index (Phi) is 7.30. The molecule has 0 saturated carbocycles. The summed E-state index contributed by atoms with van der Waals surface area (Å²) in [5.74, 6) is 1.30. The van der Waals surface area contributed by atoms with E-state index in [2.05, 4.69) is 41.5 Å². The second kappa shape index (κ2) is 7.32. The quantitative estimate of drug-likeness (QED) is 0.673. The van der Waals surface area contributed by atoms with Gasteiger partial charge >= 0.3 is 0 Å². The van der Waals surface area contributed by atoms with Gasteiger partial charge in [-0.15, -0.1) is 0 Å². The van der Waals surface area contributed by atoms with E-state index in [4.69, 9.17) is 0 Å². The first-order chi connectivity index (χ1) is 7.24. The summed E-state index contributed by atoms with van der Waals surface area (Å²) in [6, 6.07) is 0. The Morgan fingerprint density at radius 3 is 1.94 bits per heavy atom. The van der Waals surface area contributed by atoms with Gasteiger partial charge in [0.05, 0.1) is 6.10 Å². The normalized spacial score (nSPS) is 18.2. The molecule has 1 N–H and O–H groups in total. The van der Waals surface area contributed by atoms with Crippen LogP contribution < -0.4 is 0 Å². The van der Waals surface area contributed by atoms with Crippen LogP contribution in [0.3, 0.4) is 0 Å². The summed E-state index contributed by atoms with van der Waals surface area (Å²) in [6.07, 6.45) is 5.51. The fourth-order valence-corrected chi connectivity index (χ4v) is 2.76. The molecule has 0 aliphatic rings. The Balaban J connectivity index is 3.82. The van der Waals surface area contributed by atoms with Crippen LogP contribution in [0.15, 0.2) is 0 Å².